The first kappa shape index (κ1) is 20.8. The number of amides is 1. The van der Waals surface area contributed by atoms with Crippen LogP contribution in [0.2, 0.25) is 0 Å². The van der Waals surface area contributed by atoms with Crippen LogP contribution in [-0.2, 0) is 11.2 Å². The number of piperazine rings is 1. The van der Waals surface area contributed by atoms with Crippen molar-refractivity contribution in [2.24, 2.45) is 0 Å². The summed E-state index contributed by atoms with van der Waals surface area (Å²) in [4.78, 5) is 19.0. The van der Waals surface area contributed by atoms with Crippen molar-refractivity contribution in [2.75, 3.05) is 57.3 Å². The number of β-amino-alcohol motifs (C(OH)–C–C–N with tert-alkyl or cyclic N) is 1. The van der Waals surface area contributed by atoms with E-state index >= 15 is 0 Å². The summed E-state index contributed by atoms with van der Waals surface area (Å²) in [6.45, 7) is 4.81. The number of carbonyl (C=O) groups excluding carboxylic acids is 1. The van der Waals surface area contributed by atoms with E-state index < -0.39 is 11.9 Å². The van der Waals surface area contributed by atoms with Crippen LogP contribution in [0.5, 0.6) is 5.75 Å². The van der Waals surface area contributed by atoms with E-state index in [1.165, 1.54) is 11.6 Å². The lowest BCUT2D eigenvalue weighted by molar-refractivity contribution is -0.120. The van der Waals surface area contributed by atoms with Gasteiger partial charge in [0, 0.05) is 45.0 Å². The number of aliphatic hydroxyl groups is 1. The van der Waals surface area contributed by atoms with Crippen molar-refractivity contribution in [3.63, 3.8) is 0 Å². The van der Waals surface area contributed by atoms with Crippen molar-refractivity contribution >= 4 is 11.6 Å². The Morgan fingerprint density at radius 3 is 2.50 bits per heavy atom. The SMILES string of the molecule is O=C(CN1CCN(CC(O)COc2ccccc2F)CC1)N1CCc2ccccc21. The molecule has 160 valence electrons. The molecule has 2 aromatic rings. The van der Waals surface area contributed by atoms with Crippen molar-refractivity contribution in [3.05, 3.63) is 59.9 Å². The number of aliphatic hydroxyl groups excluding tert-OH is 1. The molecule has 4 rings (SSSR count). The number of carbonyl (C=O) groups is 1. The van der Waals surface area contributed by atoms with Gasteiger partial charge in [-0.3, -0.25) is 14.6 Å². The first-order valence-electron chi connectivity index (χ1n) is 10.5. The number of nitrogens with zero attached hydrogens (tertiary/aromatic N) is 3. The number of benzene rings is 2. The number of para-hydroxylation sites is 2. The zero-order chi connectivity index (χ0) is 20.9. The molecular formula is C23H28FN3O3. The zero-order valence-electron chi connectivity index (χ0n) is 17.0. The van der Waals surface area contributed by atoms with E-state index in [1.807, 2.05) is 23.1 Å². The Balaban J connectivity index is 1.19. The van der Waals surface area contributed by atoms with E-state index in [0.717, 1.165) is 44.8 Å². The summed E-state index contributed by atoms with van der Waals surface area (Å²) in [5.41, 5.74) is 2.28. The van der Waals surface area contributed by atoms with Gasteiger partial charge in [-0.05, 0) is 30.2 Å². The Kier molecular flexibility index (Phi) is 6.62. The van der Waals surface area contributed by atoms with Gasteiger partial charge in [0.25, 0.3) is 0 Å². The van der Waals surface area contributed by atoms with Crippen LogP contribution in [0.4, 0.5) is 10.1 Å². The largest absolute Gasteiger partial charge is 0.488 e. The summed E-state index contributed by atoms with van der Waals surface area (Å²) in [6.07, 6.45) is 0.224. The highest BCUT2D eigenvalue weighted by molar-refractivity contribution is 5.96. The molecule has 1 N–H and O–H groups in total. The highest BCUT2D eigenvalue weighted by atomic mass is 19.1. The molecule has 2 heterocycles. The molecule has 0 bridgehead atoms. The third kappa shape index (κ3) is 4.98. The summed E-state index contributed by atoms with van der Waals surface area (Å²) in [7, 11) is 0. The summed E-state index contributed by atoms with van der Waals surface area (Å²) >= 11 is 0. The molecule has 0 aliphatic carbocycles. The fourth-order valence-electron chi connectivity index (χ4n) is 4.10. The first-order valence-corrected chi connectivity index (χ1v) is 10.5. The lowest BCUT2D eigenvalue weighted by Gasteiger charge is -2.35. The van der Waals surface area contributed by atoms with Crippen LogP contribution in [0.3, 0.4) is 0 Å². The standard InChI is InChI=1S/C23H28FN3O3/c24-20-6-2-4-8-22(20)30-17-19(28)15-25-11-13-26(14-12-25)16-23(29)27-10-9-18-5-1-3-7-21(18)27/h1-8,19,28H,9-17H2. The minimum atomic E-state index is -0.695. The highest BCUT2D eigenvalue weighted by Gasteiger charge is 2.27. The van der Waals surface area contributed by atoms with Crippen molar-refractivity contribution in [3.8, 4) is 5.75 Å². The molecule has 6 nitrogen and oxygen atoms in total. The molecule has 2 aliphatic heterocycles. The number of hydrogen-bond acceptors (Lipinski definition) is 5. The Morgan fingerprint density at radius 1 is 1.00 bits per heavy atom. The average molecular weight is 413 g/mol. The summed E-state index contributed by atoms with van der Waals surface area (Å²) in [5, 5.41) is 10.2. The van der Waals surface area contributed by atoms with E-state index in [4.69, 9.17) is 4.74 Å². The normalized spacial score (nSPS) is 18.3. The average Bonchev–Trinajstić information content (AvgIpc) is 3.19. The van der Waals surface area contributed by atoms with E-state index in [2.05, 4.69) is 15.9 Å². The lowest BCUT2D eigenvalue weighted by Crippen LogP contribution is -2.51. The number of halogens is 1. The maximum absolute atomic E-state index is 13.6. The molecule has 2 aliphatic rings. The Bertz CT molecular complexity index is 870. The molecule has 7 heteroatoms. The first-order chi connectivity index (χ1) is 14.6. The van der Waals surface area contributed by atoms with Gasteiger partial charge in [0.05, 0.1) is 6.54 Å². The second-order valence-electron chi connectivity index (χ2n) is 7.90. The van der Waals surface area contributed by atoms with Gasteiger partial charge >= 0.3 is 0 Å². The lowest BCUT2D eigenvalue weighted by atomic mass is 10.2. The second kappa shape index (κ2) is 9.55. The van der Waals surface area contributed by atoms with Gasteiger partial charge in [-0.2, -0.15) is 0 Å². The molecule has 1 fully saturated rings. The van der Waals surface area contributed by atoms with Crippen LogP contribution in [0, 0.1) is 5.82 Å². The van der Waals surface area contributed by atoms with Gasteiger partial charge in [-0.25, -0.2) is 4.39 Å². The fraction of sp³-hybridized carbons (Fsp3) is 0.435. The van der Waals surface area contributed by atoms with Gasteiger partial charge in [0.15, 0.2) is 11.6 Å². The Labute approximate surface area is 176 Å². The Hall–Kier alpha value is -2.48. The molecule has 0 saturated carbocycles. The van der Waals surface area contributed by atoms with Gasteiger partial charge < -0.3 is 14.7 Å². The van der Waals surface area contributed by atoms with Crippen LogP contribution in [0.25, 0.3) is 0 Å². The smallest absolute Gasteiger partial charge is 0.241 e. The monoisotopic (exact) mass is 413 g/mol. The van der Waals surface area contributed by atoms with Gasteiger partial charge in [0.2, 0.25) is 5.91 Å². The van der Waals surface area contributed by atoms with Crippen LogP contribution in [0.1, 0.15) is 5.56 Å². The van der Waals surface area contributed by atoms with Crippen LogP contribution in [-0.4, -0.2) is 79.3 Å². The number of anilines is 1. The molecule has 1 amide bonds. The van der Waals surface area contributed by atoms with Gasteiger partial charge in [-0.15, -0.1) is 0 Å². The molecule has 1 atom stereocenters. The third-order valence-corrected chi connectivity index (χ3v) is 5.75. The van der Waals surface area contributed by atoms with Crippen molar-refractivity contribution < 1.29 is 19.0 Å². The van der Waals surface area contributed by atoms with E-state index in [9.17, 15) is 14.3 Å². The van der Waals surface area contributed by atoms with Gasteiger partial charge in [-0.1, -0.05) is 30.3 Å². The molecule has 0 aromatic heterocycles. The van der Waals surface area contributed by atoms with Crippen molar-refractivity contribution in [2.45, 2.75) is 12.5 Å². The van der Waals surface area contributed by atoms with Crippen LogP contribution in [0.15, 0.2) is 48.5 Å². The minimum absolute atomic E-state index is 0.0496. The number of hydrogen-bond donors (Lipinski definition) is 1. The second-order valence-corrected chi connectivity index (χ2v) is 7.90. The summed E-state index contributed by atoms with van der Waals surface area (Å²) < 4.78 is 19.0. The molecule has 1 unspecified atom stereocenters. The quantitative estimate of drug-likeness (QED) is 0.750. The maximum atomic E-state index is 13.6. The fourth-order valence-corrected chi connectivity index (χ4v) is 4.10. The third-order valence-electron chi connectivity index (χ3n) is 5.75. The number of ether oxygens (including phenoxy) is 1. The topological polar surface area (TPSA) is 56.3 Å². The highest BCUT2D eigenvalue weighted by Crippen LogP contribution is 2.27. The maximum Gasteiger partial charge on any atom is 0.241 e. The molecule has 2 aromatic carbocycles. The van der Waals surface area contributed by atoms with E-state index in [-0.39, 0.29) is 18.3 Å². The molecule has 0 spiro atoms. The summed E-state index contributed by atoms with van der Waals surface area (Å²) in [6, 6.07) is 14.3. The zero-order valence-corrected chi connectivity index (χ0v) is 17.0. The predicted molar refractivity (Wildman–Crippen MR) is 113 cm³/mol. The van der Waals surface area contributed by atoms with Gasteiger partial charge in [0.1, 0.15) is 12.7 Å². The Morgan fingerprint density at radius 2 is 1.70 bits per heavy atom. The number of fused-ring (bicyclic) bond motifs is 1. The van der Waals surface area contributed by atoms with Crippen molar-refractivity contribution in [1.82, 2.24) is 9.80 Å². The molecule has 1 saturated heterocycles. The van der Waals surface area contributed by atoms with Crippen molar-refractivity contribution in [1.29, 1.82) is 0 Å². The number of rotatable bonds is 7. The predicted octanol–water partition coefficient (Wildman–Crippen LogP) is 1.77. The molecule has 0 radical (unpaired) electrons. The van der Waals surface area contributed by atoms with Crippen LogP contribution >= 0.6 is 0 Å². The van der Waals surface area contributed by atoms with E-state index in [0.29, 0.717) is 13.1 Å². The molecular weight excluding hydrogens is 385 g/mol. The van der Waals surface area contributed by atoms with Crippen LogP contribution < -0.4 is 9.64 Å². The minimum Gasteiger partial charge on any atom is -0.488 e. The molecule has 30 heavy (non-hydrogen) atoms. The van der Waals surface area contributed by atoms with E-state index in [1.54, 1.807) is 18.2 Å². The summed E-state index contributed by atoms with van der Waals surface area (Å²) in [5.74, 6) is -0.126.